The number of hydrogen-bond donors (Lipinski definition) is 2. The quantitative estimate of drug-likeness (QED) is 0.874. The number of halogens is 3. The number of carboxylic acid groups (broad SMARTS) is 1. The van der Waals surface area contributed by atoms with Crippen molar-refractivity contribution in [2.45, 2.75) is 38.3 Å². The lowest BCUT2D eigenvalue weighted by Crippen LogP contribution is -2.29. The molecule has 1 saturated carbocycles. The van der Waals surface area contributed by atoms with Crippen LogP contribution in [0, 0.1) is 11.7 Å². The Kier molecular flexibility index (Phi) is 4.93. The average molecular weight is 303 g/mol. The van der Waals surface area contributed by atoms with E-state index in [1.54, 1.807) is 0 Å². The molecule has 0 atom stereocenters. The molecule has 7 heteroatoms. The van der Waals surface area contributed by atoms with Gasteiger partial charge in [0.25, 0.3) is 0 Å². The van der Waals surface area contributed by atoms with Gasteiger partial charge in [-0.05, 0) is 37.8 Å². The summed E-state index contributed by atoms with van der Waals surface area (Å²) in [7, 11) is 0. The Labute approximate surface area is 119 Å². The van der Waals surface area contributed by atoms with Crippen LogP contribution < -0.4 is 10.1 Å². The van der Waals surface area contributed by atoms with Crippen LogP contribution in [0.2, 0.25) is 0 Å². The molecule has 21 heavy (non-hydrogen) atoms. The van der Waals surface area contributed by atoms with Crippen LogP contribution in [0.15, 0.2) is 18.2 Å². The third-order valence-electron chi connectivity index (χ3n) is 3.59. The Hall–Kier alpha value is -1.92. The standard InChI is InChI=1S/C14H16F3NO3/c15-9-3-6-12(21-14(16)17)11(7-9)18-10-4-1-8(2-5-10)13(19)20/h3,6-8,10,14,18H,1-2,4-5H2,(H,19,20). The maximum absolute atomic E-state index is 13.2. The molecule has 0 aromatic heterocycles. The predicted molar refractivity (Wildman–Crippen MR) is 70.0 cm³/mol. The first-order chi connectivity index (χ1) is 9.95. The highest BCUT2D eigenvalue weighted by molar-refractivity contribution is 5.70. The van der Waals surface area contributed by atoms with Gasteiger partial charge >= 0.3 is 12.6 Å². The number of anilines is 1. The summed E-state index contributed by atoms with van der Waals surface area (Å²) in [4.78, 5) is 10.9. The van der Waals surface area contributed by atoms with Crippen LogP contribution in [0.1, 0.15) is 25.7 Å². The van der Waals surface area contributed by atoms with Gasteiger partial charge in [0.15, 0.2) is 0 Å². The van der Waals surface area contributed by atoms with Crippen LogP contribution >= 0.6 is 0 Å². The number of carbonyl (C=O) groups is 1. The minimum absolute atomic E-state index is 0.0811. The minimum Gasteiger partial charge on any atom is -0.481 e. The maximum Gasteiger partial charge on any atom is 0.387 e. The molecule has 0 bridgehead atoms. The molecule has 0 aliphatic heterocycles. The summed E-state index contributed by atoms with van der Waals surface area (Å²) in [5, 5.41) is 11.9. The molecule has 0 amide bonds. The fraction of sp³-hybridized carbons (Fsp3) is 0.500. The van der Waals surface area contributed by atoms with Gasteiger partial charge in [0.1, 0.15) is 11.6 Å². The topological polar surface area (TPSA) is 58.6 Å². The predicted octanol–water partition coefficient (Wildman–Crippen LogP) is 3.48. The van der Waals surface area contributed by atoms with E-state index in [-0.39, 0.29) is 23.4 Å². The Morgan fingerprint density at radius 1 is 1.29 bits per heavy atom. The van der Waals surface area contributed by atoms with E-state index >= 15 is 0 Å². The number of rotatable bonds is 5. The van der Waals surface area contributed by atoms with E-state index in [1.165, 1.54) is 0 Å². The smallest absolute Gasteiger partial charge is 0.387 e. The molecule has 0 saturated heterocycles. The maximum atomic E-state index is 13.2. The molecule has 0 radical (unpaired) electrons. The second kappa shape index (κ2) is 6.69. The molecule has 1 aliphatic rings. The fourth-order valence-electron chi connectivity index (χ4n) is 2.52. The van der Waals surface area contributed by atoms with Crippen LogP contribution in [0.25, 0.3) is 0 Å². The molecule has 2 rings (SSSR count). The molecule has 1 fully saturated rings. The lowest BCUT2D eigenvalue weighted by Gasteiger charge is -2.28. The van der Waals surface area contributed by atoms with Crippen LogP contribution in [0.5, 0.6) is 5.75 Å². The summed E-state index contributed by atoms with van der Waals surface area (Å²) in [6, 6.07) is 3.21. The Bertz CT molecular complexity index is 502. The zero-order chi connectivity index (χ0) is 15.4. The van der Waals surface area contributed by atoms with Gasteiger partial charge in [-0.15, -0.1) is 0 Å². The largest absolute Gasteiger partial charge is 0.481 e. The molecular weight excluding hydrogens is 287 g/mol. The van der Waals surface area contributed by atoms with Crippen molar-refractivity contribution in [1.29, 1.82) is 0 Å². The lowest BCUT2D eigenvalue weighted by atomic mass is 9.86. The molecule has 2 N–H and O–H groups in total. The van der Waals surface area contributed by atoms with Crippen molar-refractivity contribution in [2.24, 2.45) is 5.92 Å². The van der Waals surface area contributed by atoms with E-state index in [4.69, 9.17) is 5.11 Å². The molecule has 0 unspecified atom stereocenters. The minimum atomic E-state index is -2.99. The third kappa shape index (κ3) is 4.27. The average Bonchev–Trinajstić information content (AvgIpc) is 2.42. The fourth-order valence-corrected chi connectivity index (χ4v) is 2.52. The number of ether oxygens (including phenoxy) is 1. The first-order valence-corrected chi connectivity index (χ1v) is 6.69. The number of aliphatic carboxylic acids is 1. The summed E-state index contributed by atoms with van der Waals surface area (Å²) in [6.45, 7) is -2.99. The van der Waals surface area contributed by atoms with Gasteiger partial charge in [0.2, 0.25) is 0 Å². The van der Waals surface area contributed by atoms with Gasteiger partial charge in [0.05, 0.1) is 11.6 Å². The highest BCUT2D eigenvalue weighted by atomic mass is 19.3. The van der Waals surface area contributed by atoms with E-state index in [9.17, 15) is 18.0 Å². The summed E-state index contributed by atoms with van der Waals surface area (Å²) in [6.07, 6.45) is 2.18. The molecule has 4 nitrogen and oxygen atoms in total. The van der Waals surface area contributed by atoms with Gasteiger partial charge in [0, 0.05) is 12.1 Å². The summed E-state index contributed by atoms with van der Waals surface area (Å²) in [5.41, 5.74) is 0.161. The van der Waals surface area contributed by atoms with Crippen molar-refractivity contribution >= 4 is 11.7 Å². The van der Waals surface area contributed by atoms with Crippen LogP contribution in [-0.4, -0.2) is 23.7 Å². The zero-order valence-corrected chi connectivity index (χ0v) is 11.2. The number of alkyl halides is 2. The third-order valence-corrected chi connectivity index (χ3v) is 3.59. The van der Waals surface area contributed by atoms with Gasteiger partial charge in [-0.25, -0.2) is 4.39 Å². The first kappa shape index (κ1) is 15.5. The van der Waals surface area contributed by atoms with Crippen LogP contribution in [0.4, 0.5) is 18.9 Å². The van der Waals surface area contributed by atoms with Gasteiger partial charge in [-0.3, -0.25) is 4.79 Å². The molecule has 116 valence electrons. The van der Waals surface area contributed by atoms with Crippen LogP contribution in [-0.2, 0) is 4.79 Å². The number of hydrogen-bond acceptors (Lipinski definition) is 3. The van der Waals surface area contributed by atoms with E-state index in [2.05, 4.69) is 10.1 Å². The van der Waals surface area contributed by atoms with Crippen molar-refractivity contribution in [2.75, 3.05) is 5.32 Å². The lowest BCUT2D eigenvalue weighted by molar-refractivity contribution is -0.142. The molecule has 1 aromatic rings. The molecule has 0 spiro atoms. The van der Waals surface area contributed by atoms with Crippen molar-refractivity contribution in [3.8, 4) is 5.75 Å². The van der Waals surface area contributed by atoms with Crippen molar-refractivity contribution in [3.05, 3.63) is 24.0 Å². The number of nitrogens with one attached hydrogen (secondary N) is 1. The molecule has 0 heterocycles. The Morgan fingerprint density at radius 3 is 2.52 bits per heavy atom. The number of benzene rings is 1. The molecule has 1 aliphatic carbocycles. The second-order valence-corrected chi connectivity index (χ2v) is 5.05. The van der Waals surface area contributed by atoms with Gasteiger partial charge in [-0.1, -0.05) is 0 Å². The van der Waals surface area contributed by atoms with Crippen molar-refractivity contribution in [3.63, 3.8) is 0 Å². The van der Waals surface area contributed by atoms with E-state index in [1.807, 2.05) is 0 Å². The van der Waals surface area contributed by atoms with E-state index in [0.717, 1.165) is 18.2 Å². The van der Waals surface area contributed by atoms with Gasteiger partial charge < -0.3 is 15.2 Å². The van der Waals surface area contributed by atoms with Crippen molar-refractivity contribution in [1.82, 2.24) is 0 Å². The normalized spacial score (nSPS) is 22.1. The second-order valence-electron chi connectivity index (χ2n) is 5.05. The Balaban J connectivity index is 2.02. The highest BCUT2D eigenvalue weighted by Gasteiger charge is 2.26. The zero-order valence-electron chi connectivity index (χ0n) is 11.2. The molecular formula is C14H16F3NO3. The van der Waals surface area contributed by atoms with E-state index < -0.39 is 18.4 Å². The SMILES string of the molecule is O=C(O)C1CCC(Nc2cc(F)ccc2OC(F)F)CC1. The molecule has 1 aromatic carbocycles. The van der Waals surface area contributed by atoms with Gasteiger partial charge in [-0.2, -0.15) is 8.78 Å². The highest BCUT2D eigenvalue weighted by Crippen LogP contribution is 2.32. The van der Waals surface area contributed by atoms with Crippen LogP contribution in [0.3, 0.4) is 0 Å². The number of carboxylic acids is 1. The van der Waals surface area contributed by atoms with Crippen molar-refractivity contribution < 1.29 is 27.8 Å². The summed E-state index contributed by atoms with van der Waals surface area (Å²) in [5.74, 6) is -1.86. The monoisotopic (exact) mass is 303 g/mol. The summed E-state index contributed by atoms with van der Waals surface area (Å²) >= 11 is 0. The Morgan fingerprint density at radius 2 is 1.95 bits per heavy atom. The van der Waals surface area contributed by atoms with E-state index in [0.29, 0.717) is 25.7 Å². The first-order valence-electron chi connectivity index (χ1n) is 6.69. The summed E-state index contributed by atoms with van der Waals surface area (Å²) < 4.78 is 42.2.